The second kappa shape index (κ2) is 7.72. The van der Waals surface area contributed by atoms with Crippen molar-refractivity contribution in [3.8, 4) is 17.3 Å². The number of ether oxygens (including phenoxy) is 1. The molecule has 0 spiro atoms. The molecule has 5 rings (SSSR count). The zero-order valence-corrected chi connectivity index (χ0v) is 17.8. The lowest BCUT2D eigenvalue weighted by molar-refractivity contribution is 0.0945. The molecule has 0 bridgehead atoms. The average molecular weight is 455 g/mol. The van der Waals surface area contributed by atoms with Crippen molar-refractivity contribution in [2.45, 2.75) is 6.42 Å². The van der Waals surface area contributed by atoms with Gasteiger partial charge < -0.3 is 10.1 Å². The van der Waals surface area contributed by atoms with Gasteiger partial charge in [0.25, 0.3) is 5.91 Å². The molecule has 0 saturated heterocycles. The Morgan fingerprint density at radius 3 is 2.90 bits per heavy atom. The summed E-state index contributed by atoms with van der Waals surface area (Å²) in [7, 11) is 1.51. The van der Waals surface area contributed by atoms with E-state index in [0.29, 0.717) is 45.3 Å². The number of fused-ring (bicyclic) bond motifs is 2. The van der Waals surface area contributed by atoms with Gasteiger partial charge in [0, 0.05) is 24.7 Å². The molecule has 0 fully saturated rings. The van der Waals surface area contributed by atoms with Gasteiger partial charge in [0.15, 0.2) is 0 Å². The first-order chi connectivity index (χ1) is 15.1. The predicted octanol–water partition coefficient (Wildman–Crippen LogP) is 3.97. The maximum absolute atomic E-state index is 12.6. The Hall–Kier alpha value is -3.36. The molecule has 0 atom stereocenters. The highest BCUT2D eigenvalue weighted by molar-refractivity contribution is 6.43. The fourth-order valence-electron chi connectivity index (χ4n) is 3.65. The molecule has 2 N–H and O–H groups in total. The molecule has 0 radical (unpaired) electrons. The highest BCUT2D eigenvalue weighted by atomic mass is 35.5. The smallest absolute Gasteiger partial charge is 0.316 e. The molecule has 31 heavy (non-hydrogen) atoms. The molecule has 1 aliphatic heterocycles. The monoisotopic (exact) mass is 454 g/mol. The number of halogens is 2. The van der Waals surface area contributed by atoms with Gasteiger partial charge >= 0.3 is 6.01 Å². The molecule has 1 aromatic carbocycles. The number of nitrogens with one attached hydrogen (secondary N) is 2. The van der Waals surface area contributed by atoms with E-state index in [1.54, 1.807) is 24.5 Å². The van der Waals surface area contributed by atoms with E-state index in [1.165, 1.54) is 7.11 Å². The summed E-state index contributed by atoms with van der Waals surface area (Å²) in [5, 5.41) is 3.70. The van der Waals surface area contributed by atoms with E-state index < -0.39 is 0 Å². The van der Waals surface area contributed by atoms with E-state index in [0.717, 1.165) is 17.0 Å². The van der Waals surface area contributed by atoms with Gasteiger partial charge in [-0.15, -0.1) is 0 Å². The van der Waals surface area contributed by atoms with Crippen LogP contribution in [-0.2, 0) is 6.42 Å². The lowest BCUT2D eigenvalue weighted by Gasteiger charge is -2.20. The quantitative estimate of drug-likeness (QED) is 0.484. The van der Waals surface area contributed by atoms with Gasteiger partial charge in [-0.25, -0.2) is 4.98 Å². The molecular weight excluding hydrogens is 439 g/mol. The average Bonchev–Trinajstić information content (AvgIpc) is 3.15. The van der Waals surface area contributed by atoms with Gasteiger partial charge in [0.1, 0.15) is 11.0 Å². The van der Waals surface area contributed by atoms with Crippen molar-refractivity contribution in [3.63, 3.8) is 0 Å². The van der Waals surface area contributed by atoms with Crippen molar-refractivity contribution < 1.29 is 9.53 Å². The maximum Gasteiger partial charge on any atom is 0.316 e. The molecule has 3 aromatic heterocycles. The second-order valence-corrected chi connectivity index (χ2v) is 7.68. The summed E-state index contributed by atoms with van der Waals surface area (Å²) >= 11 is 12.6. The zero-order valence-electron chi connectivity index (χ0n) is 16.3. The van der Waals surface area contributed by atoms with Crippen molar-refractivity contribution >= 4 is 45.8 Å². The number of pyridine rings is 1. The van der Waals surface area contributed by atoms with Crippen molar-refractivity contribution in [1.82, 2.24) is 24.9 Å². The molecule has 0 unspecified atom stereocenters. The first-order valence-corrected chi connectivity index (χ1v) is 10.2. The molecular formula is C21H16Cl2N6O2. The topological polar surface area (TPSA) is 94.0 Å². The largest absolute Gasteiger partial charge is 0.467 e. The number of aromatic nitrogens is 4. The molecule has 4 aromatic rings. The van der Waals surface area contributed by atoms with Crippen LogP contribution in [0.3, 0.4) is 0 Å². The first kappa shape index (κ1) is 19.6. The van der Waals surface area contributed by atoms with Crippen LogP contribution in [0.15, 0.2) is 42.7 Å². The highest BCUT2D eigenvalue weighted by Gasteiger charge is 2.26. The molecule has 1 amide bonds. The van der Waals surface area contributed by atoms with Crippen molar-refractivity contribution in [2.75, 3.05) is 19.1 Å². The van der Waals surface area contributed by atoms with E-state index in [1.807, 2.05) is 22.9 Å². The van der Waals surface area contributed by atoms with E-state index in [2.05, 4.69) is 25.7 Å². The Balaban J connectivity index is 1.75. The van der Waals surface area contributed by atoms with Crippen LogP contribution in [0.25, 0.3) is 22.3 Å². The lowest BCUT2D eigenvalue weighted by atomic mass is 10.1. The number of carbonyl (C=O) groups excluding carboxylic acids is 1. The number of anilines is 1. The van der Waals surface area contributed by atoms with Gasteiger partial charge in [-0.05, 0) is 24.3 Å². The fourth-order valence-corrected chi connectivity index (χ4v) is 3.99. The number of rotatable bonds is 4. The number of carbonyl (C=O) groups is 1. The number of nitrogens with zero attached hydrogens (tertiary/aromatic N) is 4. The van der Waals surface area contributed by atoms with Gasteiger partial charge in [0.05, 0.1) is 46.0 Å². The van der Waals surface area contributed by atoms with E-state index >= 15 is 0 Å². The molecule has 1 aliphatic rings. The minimum absolute atomic E-state index is 0.134. The van der Waals surface area contributed by atoms with Crippen molar-refractivity contribution in [1.29, 1.82) is 0 Å². The van der Waals surface area contributed by atoms with E-state index in [9.17, 15) is 4.79 Å². The van der Waals surface area contributed by atoms with Crippen LogP contribution in [0.4, 0.5) is 5.69 Å². The Morgan fingerprint density at radius 1 is 1.19 bits per heavy atom. The van der Waals surface area contributed by atoms with Crippen LogP contribution >= 0.6 is 23.2 Å². The fraction of sp³-hybridized carbons (Fsp3) is 0.143. The molecule has 0 aliphatic carbocycles. The Bertz CT molecular complexity index is 1340. The Morgan fingerprint density at radius 2 is 2.06 bits per heavy atom. The number of benzene rings is 1. The third-order valence-electron chi connectivity index (χ3n) is 5.09. The zero-order chi connectivity index (χ0) is 21.5. The third kappa shape index (κ3) is 3.34. The summed E-state index contributed by atoms with van der Waals surface area (Å²) in [6, 6.07) is 9.24. The van der Waals surface area contributed by atoms with E-state index in [-0.39, 0.29) is 11.9 Å². The summed E-state index contributed by atoms with van der Waals surface area (Å²) in [6.07, 6.45) is 3.93. The van der Waals surface area contributed by atoms with Gasteiger partial charge in [-0.1, -0.05) is 29.3 Å². The lowest BCUT2D eigenvalue weighted by Crippen LogP contribution is -2.33. The van der Waals surface area contributed by atoms with Crippen molar-refractivity contribution in [3.05, 3.63) is 64.0 Å². The third-order valence-corrected chi connectivity index (χ3v) is 5.91. The molecule has 8 nitrogen and oxygen atoms in total. The summed E-state index contributed by atoms with van der Waals surface area (Å²) < 4.78 is 7.05. The van der Waals surface area contributed by atoms with Crippen LogP contribution in [0, 0.1) is 0 Å². The molecule has 4 heterocycles. The number of hydrogen-bond donors (Lipinski definition) is 2. The summed E-state index contributed by atoms with van der Waals surface area (Å²) in [4.78, 5) is 25.5. The number of methoxy groups -OCH3 is 1. The minimum atomic E-state index is -0.134. The van der Waals surface area contributed by atoms with Crippen molar-refractivity contribution in [2.24, 2.45) is 0 Å². The Kier molecular flexibility index (Phi) is 4.88. The number of hydrogen-bond acceptors (Lipinski definition) is 6. The maximum atomic E-state index is 12.6. The molecule has 0 saturated carbocycles. The van der Waals surface area contributed by atoms with Gasteiger partial charge in [0.2, 0.25) is 0 Å². The van der Waals surface area contributed by atoms with Crippen LogP contribution in [0.5, 0.6) is 6.01 Å². The summed E-state index contributed by atoms with van der Waals surface area (Å²) in [5.41, 5.74) is 8.06. The SMILES string of the molecule is COc1ncc2nccc(-c3cc4c(n3Nc3cccc(Cl)c3Cl)CCNC4=O)c2n1. The van der Waals surface area contributed by atoms with Crippen LogP contribution in [-0.4, -0.2) is 39.2 Å². The predicted molar refractivity (Wildman–Crippen MR) is 119 cm³/mol. The van der Waals surface area contributed by atoms with E-state index in [4.69, 9.17) is 27.9 Å². The minimum Gasteiger partial charge on any atom is -0.467 e. The number of amides is 1. The molecule has 156 valence electrons. The van der Waals surface area contributed by atoms with Crippen LogP contribution < -0.4 is 15.5 Å². The Labute approximate surface area is 187 Å². The second-order valence-electron chi connectivity index (χ2n) is 6.89. The first-order valence-electron chi connectivity index (χ1n) is 9.47. The standard InChI is InChI=1S/C21H16Cl2N6O2/c1-31-21-26-10-15-19(27-21)11(5-7-24-15)17-9-12-16(6-8-25-20(12)30)29(17)28-14-4-2-3-13(22)18(14)23/h2-5,7,9-10,28H,6,8H2,1H3,(H,25,30). The molecule has 10 heteroatoms. The van der Waals surface area contributed by atoms with Crippen LogP contribution in [0.1, 0.15) is 16.1 Å². The summed E-state index contributed by atoms with van der Waals surface area (Å²) in [6.45, 7) is 0.535. The van der Waals surface area contributed by atoms with Gasteiger partial charge in [-0.2, -0.15) is 4.98 Å². The van der Waals surface area contributed by atoms with Gasteiger partial charge in [-0.3, -0.25) is 19.9 Å². The van der Waals surface area contributed by atoms with Crippen LogP contribution in [0.2, 0.25) is 10.0 Å². The normalized spacial score (nSPS) is 13.1. The summed E-state index contributed by atoms with van der Waals surface area (Å²) in [5.74, 6) is -0.134. The highest BCUT2D eigenvalue weighted by Crippen LogP contribution is 2.35.